The van der Waals surface area contributed by atoms with E-state index in [4.69, 9.17) is 0 Å². The summed E-state index contributed by atoms with van der Waals surface area (Å²) in [6.45, 7) is 17.1. The van der Waals surface area contributed by atoms with Crippen LogP contribution >= 0.6 is 0 Å². The third-order valence-electron chi connectivity index (χ3n) is 8.79. The third kappa shape index (κ3) is 3.93. The smallest absolute Gasteiger partial charge is 0.0491 e. The fraction of sp³-hybridized carbons (Fsp3) is 0.333. The molecule has 0 aliphatic heterocycles. The van der Waals surface area contributed by atoms with Crippen molar-refractivity contribution in [2.75, 3.05) is 0 Å². The van der Waals surface area contributed by atoms with Gasteiger partial charge in [0.25, 0.3) is 0 Å². The highest BCUT2D eigenvalue weighted by Crippen LogP contribution is 2.37. The summed E-state index contributed by atoms with van der Waals surface area (Å²) < 4.78 is 4.88. The highest BCUT2D eigenvalue weighted by Gasteiger charge is 2.24. The molecule has 0 aliphatic rings. The average molecular weight is 501 g/mol. The van der Waals surface area contributed by atoms with E-state index in [1.54, 1.807) is 0 Å². The summed E-state index contributed by atoms with van der Waals surface area (Å²) in [5.41, 5.74) is 10.9. The van der Waals surface area contributed by atoms with Crippen molar-refractivity contribution >= 4 is 43.6 Å². The van der Waals surface area contributed by atoms with Gasteiger partial charge in [-0.25, -0.2) is 0 Å². The van der Waals surface area contributed by atoms with Gasteiger partial charge < -0.3 is 9.13 Å². The van der Waals surface area contributed by atoms with Crippen LogP contribution in [0, 0.1) is 13.8 Å². The van der Waals surface area contributed by atoms with Gasteiger partial charge in [0.05, 0.1) is 0 Å². The summed E-state index contributed by atoms with van der Waals surface area (Å²) in [5, 5.41) is 5.46. The monoisotopic (exact) mass is 500 g/mol. The molecule has 0 unspecified atom stereocenters. The second-order valence-electron chi connectivity index (χ2n) is 13.1. The molecule has 0 aliphatic carbocycles. The molecule has 2 aromatic heterocycles. The molecule has 0 amide bonds. The lowest BCUT2D eigenvalue weighted by Gasteiger charge is -2.26. The summed E-state index contributed by atoms with van der Waals surface area (Å²) >= 11 is 0. The molecule has 0 saturated heterocycles. The van der Waals surface area contributed by atoms with Gasteiger partial charge in [-0.2, -0.15) is 0 Å². The predicted molar refractivity (Wildman–Crippen MR) is 166 cm³/mol. The molecule has 38 heavy (non-hydrogen) atoms. The Bertz CT molecular complexity index is 1790. The summed E-state index contributed by atoms with van der Waals surface area (Å²) in [7, 11) is 2.19. The fourth-order valence-electron chi connectivity index (χ4n) is 6.21. The van der Waals surface area contributed by atoms with Gasteiger partial charge in [-0.15, -0.1) is 0 Å². The van der Waals surface area contributed by atoms with E-state index in [0.29, 0.717) is 0 Å². The molecule has 4 aromatic carbocycles. The largest absolute Gasteiger partial charge is 0.344 e. The van der Waals surface area contributed by atoms with E-state index < -0.39 is 0 Å². The molecule has 0 radical (unpaired) electrons. The Morgan fingerprint density at radius 2 is 1.00 bits per heavy atom. The number of nitrogens with zero attached hydrogens (tertiary/aromatic N) is 2. The molecule has 2 heteroatoms. The molecule has 2 nitrogen and oxygen atoms in total. The zero-order valence-electron chi connectivity index (χ0n) is 24.2. The van der Waals surface area contributed by atoms with Crippen LogP contribution in [0.25, 0.3) is 43.6 Å². The lowest BCUT2D eigenvalue weighted by Crippen LogP contribution is -2.20. The first-order chi connectivity index (χ1) is 17.9. The van der Waals surface area contributed by atoms with Crippen molar-refractivity contribution in [2.45, 2.75) is 72.3 Å². The zero-order chi connectivity index (χ0) is 27.0. The zero-order valence-corrected chi connectivity index (χ0v) is 24.2. The molecule has 6 rings (SSSR count). The maximum Gasteiger partial charge on any atom is 0.0491 e. The summed E-state index contributed by atoms with van der Waals surface area (Å²) in [6, 6.07) is 27.9. The van der Waals surface area contributed by atoms with Gasteiger partial charge >= 0.3 is 0 Å². The first-order valence-electron chi connectivity index (χ1n) is 14.0. The van der Waals surface area contributed by atoms with E-state index in [9.17, 15) is 0 Å². The topological polar surface area (TPSA) is 9.86 Å². The molecule has 0 atom stereocenters. The Morgan fingerprint density at radius 1 is 0.553 bits per heavy atom. The summed E-state index contributed by atoms with van der Waals surface area (Å²) in [4.78, 5) is 0. The van der Waals surface area contributed by atoms with Gasteiger partial charge in [0, 0.05) is 57.2 Å². The Morgan fingerprint density at radius 3 is 1.53 bits per heavy atom. The quantitative estimate of drug-likeness (QED) is 0.228. The predicted octanol–water partition coefficient (Wildman–Crippen LogP) is 9.72. The first kappa shape index (κ1) is 24.8. The molecule has 0 bridgehead atoms. The van der Waals surface area contributed by atoms with Crippen molar-refractivity contribution in [3.63, 3.8) is 0 Å². The second-order valence-corrected chi connectivity index (χ2v) is 13.1. The Balaban J connectivity index is 1.41. The third-order valence-corrected chi connectivity index (χ3v) is 8.79. The number of benzene rings is 4. The van der Waals surface area contributed by atoms with Gasteiger partial charge in [-0.05, 0) is 90.8 Å². The number of hydrogen-bond acceptors (Lipinski definition) is 0. The van der Waals surface area contributed by atoms with Crippen LogP contribution in [0.3, 0.4) is 0 Å². The summed E-state index contributed by atoms with van der Waals surface area (Å²) in [5.74, 6) is 0. The minimum Gasteiger partial charge on any atom is -0.344 e. The van der Waals surface area contributed by atoms with Gasteiger partial charge in [-0.3, -0.25) is 0 Å². The second kappa shape index (κ2) is 8.50. The van der Waals surface area contributed by atoms with E-state index >= 15 is 0 Å². The Kier molecular flexibility index (Phi) is 5.54. The van der Waals surface area contributed by atoms with Crippen molar-refractivity contribution in [3.8, 4) is 0 Å². The van der Waals surface area contributed by atoms with Crippen LogP contribution in [0.2, 0.25) is 0 Å². The van der Waals surface area contributed by atoms with Crippen molar-refractivity contribution in [1.29, 1.82) is 0 Å². The van der Waals surface area contributed by atoms with Crippen LogP contribution in [0.5, 0.6) is 0 Å². The van der Waals surface area contributed by atoms with Crippen LogP contribution in [-0.4, -0.2) is 9.13 Å². The van der Waals surface area contributed by atoms with Crippen LogP contribution in [0.1, 0.15) is 63.3 Å². The van der Waals surface area contributed by atoms with E-state index in [0.717, 1.165) is 13.0 Å². The molecule has 0 spiro atoms. The van der Waals surface area contributed by atoms with E-state index in [2.05, 4.69) is 137 Å². The van der Waals surface area contributed by atoms with Crippen molar-refractivity contribution in [3.05, 3.63) is 95.1 Å². The fourth-order valence-corrected chi connectivity index (χ4v) is 6.21. The molecule has 6 aromatic rings. The van der Waals surface area contributed by atoms with Crippen LogP contribution in [-0.2, 0) is 24.4 Å². The van der Waals surface area contributed by atoms with Gasteiger partial charge in [0.2, 0.25) is 0 Å². The van der Waals surface area contributed by atoms with E-state index in [-0.39, 0.29) is 10.8 Å². The number of aromatic nitrogens is 2. The first-order valence-corrected chi connectivity index (χ1v) is 14.0. The van der Waals surface area contributed by atoms with Crippen molar-refractivity contribution in [2.24, 2.45) is 7.05 Å². The lowest BCUT2D eigenvalue weighted by molar-refractivity contribution is 0.446. The lowest BCUT2D eigenvalue weighted by atomic mass is 9.80. The molecule has 2 heterocycles. The standard InChI is InChI=1S/C36H40N2/c1-23-9-13-33-27(19-23)28-20-24(2)10-14-34(28)38(33)18-17-36(6,7)26-12-16-32-30(22-26)29-21-25(35(3,4)5)11-15-31(29)37(32)8/h9-16,19-22H,17-18H2,1-8H3. The molecule has 0 fully saturated rings. The molecule has 194 valence electrons. The average Bonchev–Trinajstić information content (AvgIpc) is 3.33. The SMILES string of the molecule is Cc1ccc2c(c1)c1cc(C)ccc1n2CCC(C)(C)c1ccc2c(c1)c1cc(C(C)(C)C)ccc1n2C. The highest BCUT2D eigenvalue weighted by atomic mass is 15.0. The number of hydrogen-bond donors (Lipinski definition) is 0. The van der Waals surface area contributed by atoms with Crippen LogP contribution < -0.4 is 0 Å². The van der Waals surface area contributed by atoms with Crippen molar-refractivity contribution in [1.82, 2.24) is 9.13 Å². The van der Waals surface area contributed by atoms with Gasteiger partial charge in [-0.1, -0.05) is 70.0 Å². The maximum absolute atomic E-state index is 2.54. The van der Waals surface area contributed by atoms with E-state index in [1.165, 1.54) is 65.9 Å². The normalized spacial score (nSPS) is 12.9. The molecular formula is C36H40N2. The van der Waals surface area contributed by atoms with Crippen molar-refractivity contribution < 1.29 is 0 Å². The Labute approximate surface area is 226 Å². The molecule has 0 saturated carbocycles. The maximum atomic E-state index is 2.54. The molecule has 0 N–H and O–H groups in total. The number of aryl methyl sites for hydroxylation is 4. The highest BCUT2D eigenvalue weighted by molar-refractivity contribution is 6.09. The minimum absolute atomic E-state index is 0.0380. The molecular weight excluding hydrogens is 460 g/mol. The van der Waals surface area contributed by atoms with Gasteiger partial charge in [0.1, 0.15) is 0 Å². The van der Waals surface area contributed by atoms with Crippen LogP contribution in [0.15, 0.2) is 72.8 Å². The van der Waals surface area contributed by atoms with Crippen LogP contribution in [0.4, 0.5) is 0 Å². The summed E-state index contributed by atoms with van der Waals surface area (Å²) in [6.07, 6.45) is 1.07. The number of rotatable bonds is 4. The van der Waals surface area contributed by atoms with E-state index in [1.807, 2.05) is 0 Å². The van der Waals surface area contributed by atoms with Gasteiger partial charge in [0.15, 0.2) is 0 Å². The number of fused-ring (bicyclic) bond motifs is 6. The minimum atomic E-state index is 0.0380. The Hall–Kier alpha value is -3.52.